The Morgan fingerprint density at radius 2 is 1.88 bits per heavy atom. The van der Waals surface area contributed by atoms with Gasteiger partial charge < -0.3 is 0 Å². The van der Waals surface area contributed by atoms with E-state index in [0.717, 1.165) is 6.42 Å². The molecule has 0 amide bonds. The topological polar surface area (TPSA) is 0 Å². The van der Waals surface area contributed by atoms with Crippen molar-refractivity contribution >= 4 is 24.8 Å². The van der Waals surface area contributed by atoms with Crippen molar-refractivity contribution in [3.8, 4) is 0 Å². The Morgan fingerprint density at radius 3 is 2.00 bits per heavy atom. The van der Waals surface area contributed by atoms with Crippen molar-refractivity contribution in [3.63, 3.8) is 0 Å². The zero-order chi connectivity index (χ0) is 3.54. The Hall–Kier alpha value is 0.696. The van der Waals surface area contributed by atoms with Crippen LogP contribution in [0.5, 0.6) is 0 Å². The number of hydrogen-bond acceptors (Lipinski definition) is 0. The monoisotopic (exact) mass is 329 g/mol. The molecule has 1 aliphatic carbocycles. The Bertz CT molecular complexity index is 68.5. The van der Waals surface area contributed by atoms with Gasteiger partial charge in [0, 0.05) is 0 Å². The van der Waals surface area contributed by atoms with E-state index in [4.69, 9.17) is 0 Å². The maximum atomic E-state index is 2.99. The quantitative estimate of drug-likeness (QED) is 0.598. The van der Waals surface area contributed by atoms with Gasteiger partial charge in [-0.2, -0.15) is 6.08 Å². The second-order valence-corrected chi connectivity index (χ2v) is 1.00. The second-order valence-electron chi connectivity index (χ2n) is 1.00. The minimum Gasteiger partial charge on any atom is -0.273 e. The summed E-state index contributed by atoms with van der Waals surface area (Å²) in [4.78, 5) is 0. The third-order valence-corrected chi connectivity index (χ3v) is 0.586. The smallest absolute Gasteiger partial charge is 0.273 e. The molecule has 0 aromatic heterocycles. The van der Waals surface area contributed by atoms with Crippen LogP contribution in [0.15, 0.2) is 18.2 Å². The second kappa shape index (κ2) is 10.6. The molecule has 0 aromatic carbocycles. The third-order valence-electron chi connectivity index (χ3n) is 0.586. The van der Waals surface area contributed by atoms with E-state index in [1.165, 1.54) is 0 Å². The first-order chi connectivity index (χ1) is 2.50. The van der Waals surface area contributed by atoms with Gasteiger partial charge in [0.15, 0.2) is 0 Å². The summed E-state index contributed by atoms with van der Waals surface area (Å²) in [6.07, 6.45) is 10.0. The molecule has 0 heterocycles. The molecular formula is C5H7Cl2Os. The predicted molar refractivity (Wildman–Crippen MR) is 36.1 cm³/mol. The standard InChI is InChI=1S/C5H5.2ClH.Os/c1-2-4-5-3-1;;;/h1-3H,4H2;2*1H;/q-1;;;+1. The summed E-state index contributed by atoms with van der Waals surface area (Å²) in [5, 5.41) is 0. The third kappa shape index (κ3) is 6.70. The van der Waals surface area contributed by atoms with Crippen molar-refractivity contribution in [1.29, 1.82) is 0 Å². The van der Waals surface area contributed by atoms with Crippen LogP contribution in [0.4, 0.5) is 0 Å². The normalized spacial score (nSPS) is 11.0. The van der Waals surface area contributed by atoms with Gasteiger partial charge in [0.25, 0.3) is 0 Å². The van der Waals surface area contributed by atoms with Gasteiger partial charge in [-0.25, -0.2) is 12.2 Å². The van der Waals surface area contributed by atoms with E-state index in [-0.39, 0.29) is 44.6 Å². The van der Waals surface area contributed by atoms with Crippen LogP contribution in [-0.2, 0) is 19.8 Å². The molecule has 0 unspecified atom stereocenters. The molecule has 0 saturated carbocycles. The van der Waals surface area contributed by atoms with Crippen LogP contribution in [0.1, 0.15) is 6.42 Å². The van der Waals surface area contributed by atoms with Crippen LogP contribution >= 0.6 is 24.8 Å². The summed E-state index contributed by atoms with van der Waals surface area (Å²) in [6.45, 7) is 0. The summed E-state index contributed by atoms with van der Waals surface area (Å²) < 4.78 is 0. The number of hydrogen-bond donors (Lipinski definition) is 0. The van der Waals surface area contributed by atoms with Crippen molar-refractivity contribution in [1.82, 2.24) is 0 Å². The molecule has 0 spiro atoms. The van der Waals surface area contributed by atoms with E-state index in [1.54, 1.807) is 0 Å². The Kier molecular flexibility index (Phi) is 21.1. The van der Waals surface area contributed by atoms with E-state index in [1.807, 2.05) is 12.2 Å². The van der Waals surface area contributed by atoms with Crippen LogP contribution in [0.2, 0.25) is 0 Å². The fourth-order valence-corrected chi connectivity index (χ4v) is 0.340. The van der Waals surface area contributed by atoms with Crippen LogP contribution in [0, 0.1) is 6.08 Å². The van der Waals surface area contributed by atoms with Gasteiger partial charge >= 0.3 is 19.8 Å². The van der Waals surface area contributed by atoms with Gasteiger partial charge in [0.2, 0.25) is 0 Å². The largest absolute Gasteiger partial charge is 1.00 e. The molecule has 0 aromatic rings. The molecule has 8 heavy (non-hydrogen) atoms. The predicted octanol–water partition coefficient (Wildman–Crippen LogP) is 2.15. The van der Waals surface area contributed by atoms with Crippen molar-refractivity contribution in [3.05, 3.63) is 24.3 Å². The van der Waals surface area contributed by atoms with E-state index >= 15 is 0 Å². The Balaban J connectivity index is -0.0000000833. The molecule has 1 aliphatic rings. The van der Waals surface area contributed by atoms with Gasteiger partial charge in [0.1, 0.15) is 0 Å². The Labute approximate surface area is 75.3 Å². The first kappa shape index (κ1) is 15.9. The van der Waals surface area contributed by atoms with E-state index in [2.05, 4.69) is 12.2 Å². The molecule has 0 N–H and O–H groups in total. The minimum absolute atomic E-state index is 0. The van der Waals surface area contributed by atoms with Crippen molar-refractivity contribution in [2.45, 2.75) is 6.42 Å². The van der Waals surface area contributed by atoms with E-state index < -0.39 is 0 Å². The number of rotatable bonds is 0. The summed E-state index contributed by atoms with van der Waals surface area (Å²) in [5.74, 6) is 0. The Morgan fingerprint density at radius 1 is 1.25 bits per heavy atom. The van der Waals surface area contributed by atoms with E-state index in [0.29, 0.717) is 0 Å². The summed E-state index contributed by atoms with van der Waals surface area (Å²) in [5.41, 5.74) is 0. The van der Waals surface area contributed by atoms with Crippen LogP contribution in [-0.4, -0.2) is 0 Å². The fourth-order valence-electron chi connectivity index (χ4n) is 0.340. The summed E-state index contributed by atoms with van der Waals surface area (Å²) >= 11 is 0. The van der Waals surface area contributed by atoms with Gasteiger partial charge in [-0.3, -0.25) is 6.08 Å². The van der Waals surface area contributed by atoms with Crippen LogP contribution in [0.3, 0.4) is 0 Å². The molecule has 0 atom stereocenters. The van der Waals surface area contributed by atoms with Crippen molar-refractivity contribution in [2.75, 3.05) is 0 Å². The summed E-state index contributed by atoms with van der Waals surface area (Å²) in [6, 6.07) is 0. The van der Waals surface area contributed by atoms with Crippen LogP contribution < -0.4 is 0 Å². The molecule has 0 fully saturated rings. The van der Waals surface area contributed by atoms with Gasteiger partial charge in [0.05, 0.1) is 0 Å². The molecule has 0 nitrogen and oxygen atoms in total. The van der Waals surface area contributed by atoms with Gasteiger partial charge in [-0.1, -0.05) is 0 Å². The summed E-state index contributed by atoms with van der Waals surface area (Å²) in [7, 11) is 0. The minimum atomic E-state index is 0. The molecule has 3 heteroatoms. The molecular weight excluding hydrogens is 321 g/mol. The molecule has 1 rings (SSSR count). The maximum absolute atomic E-state index is 2.99. The van der Waals surface area contributed by atoms with Crippen LogP contribution in [0.25, 0.3) is 0 Å². The molecule has 49 valence electrons. The molecule has 0 saturated heterocycles. The zero-order valence-electron chi connectivity index (χ0n) is 4.11. The molecule has 1 radical (unpaired) electrons. The van der Waals surface area contributed by atoms with E-state index in [9.17, 15) is 0 Å². The van der Waals surface area contributed by atoms with Crippen molar-refractivity contribution < 1.29 is 19.8 Å². The molecule has 0 bridgehead atoms. The average molecular weight is 328 g/mol. The maximum Gasteiger partial charge on any atom is 1.00 e. The fraction of sp³-hybridized carbons (Fsp3) is 0.200. The van der Waals surface area contributed by atoms with Gasteiger partial charge in [-0.15, -0.1) is 31.2 Å². The van der Waals surface area contributed by atoms with Crippen molar-refractivity contribution in [2.24, 2.45) is 0 Å². The van der Waals surface area contributed by atoms with Gasteiger partial charge in [-0.05, 0) is 0 Å². The first-order valence-electron chi connectivity index (χ1n) is 1.72. The SMILES string of the molecule is Cl.Cl.[C-]1=CC=CC1.[Os+]. The zero-order valence-corrected chi connectivity index (χ0v) is 8.28. The first-order valence-corrected chi connectivity index (χ1v) is 1.72. The molecule has 0 aliphatic heterocycles. The number of halogens is 2. The average Bonchev–Trinajstić information content (AvgIpc) is 1.76. The number of allylic oxidation sites excluding steroid dienone is 4.